The Kier molecular flexibility index (Phi) is 4.35. The SMILES string of the molecule is O=C(NCCCn1ccnn1)NC1CCCC1. The first-order chi connectivity index (χ1) is 8.34. The van der Waals surface area contributed by atoms with Crippen molar-refractivity contribution in [1.82, 2.24) is 25.6 Å². The molecule has 1 heterocycles. The summed E-state index contributed by atoms with van der Waals surface area (Å²) in [6.45, 7) is 1.45. The lowest BCUT2D eigenvalue weighted by molar-refractivity contribution is 0.236. The van der Waals surface area contributed by atoms with E-state index in [-0.39, 0.29) is 6.03 Å². The maximum atomic E-state index is 11.5. The van der Waals surface area contributed by atoms with Crippen molar-refractivity contribution >= 4 is 6.03 Å². The summed E-state index contributed by atoms with van der Waals surface area (Å²) in [6.07, 6.45) is 9.04. The zero-order chi connectivity index (χ0) is 11.9. The quantitative estimate of drug-likeness (QED) is 0.748. The lowest BCUT2D eigenvalue weighted by Gasteiger charge is -2.12. The summed E-state index contributed by atoms with van der Waals surface area (Å²) in [7, 11) is 0. The van der Waals surface area contributed by atoms with Crippen molar-refractivity contribution in [2.24, 2.45) is 0 Å². The summed E-state index contributed by atoms with van der Waals surface area (Å²) < 4.78 is 1.76. The predicted octanol–water partition coefficient (Wildman–Crippen LogP) is 0.910. The Bertz CT molecular complexity index is 332. The molecule has 0 unspecified atom stereocenters. The Balaban J connectivity index is 1.53. The van der Waals surface area contributed by atoms with Gasteiger partial charge in [0.05, 0.1) is 6.20 Å². The van der Waals surface area contributed by atoms with Crippen LogP contribution in [0.5, 0.6) is 0 Å². The number of carbonyl (C=O) groups is 1. The fraction of sp³-hybridized carbons (Fsp3) is 0.727. The highest BCUT2D eigenvalue weighted by Gasteiger charge is 2.16. The molecule has 1 aliphatic rings. The minimum absolute atomic E-state index is 0.0458. The molecule has 6 nitrogen and oxygen atoms in total. The van der Waals surface area contributed by atoms with Crippen LogP contribution in [0.2, 0.25) is 0 Å². The van der Waals surface area contributed by atoms with E-state index in [1.165, 1.54) is 12.8 Å². The van der Waals surface area contributed by atoms with Crippen molar-refractivity contribution in [2.75, 3.05) is 6.54 Å². The molecule has 1 aliphatic carbocycles. The summed E-state index contributed by atoms with van der Waals surface area (Å²) in [6, 6.07) is 0.334. The molecule has 0 saturated heterocycles. The van der Waals surface area contributed by atoms with Crippen LogP contribution in [-0.2, 0) is 6.54 Å². The van der Waals surface area contributed by atoms with Gasteiger partial charge in [-0.3, -0.25) is 4.68 Å². The molecular weight excluding hydrogens is 218 g/mol. The molecule has 1 saturated carbocycles. The third-order valence-corrected chi connectivity index (χ3v) is 3.01. The number of nitrogens with one attached hydrogen (secondary N) is 2. The predicted molar refractivity (Wildman–Crippen MR) is 63.4 cm³/mol. The first-order valence-electron chi connectivity index (χ1n) is 6.23. The van der Waals surface area contributed by atoms with Crippen LogP contribution in [0, 0.1) is 0 Å². The van der Waals surface area contributed by atoms with E-state index in [0.717, 1.165) is 25.8 Å². The van der Waals surface area contributed by atoms with E-state index in [4.69, 9.17) is 0 Å². The average molecular weight is 237 g/mol. The van der Waals surface area contributed by atoms with E-state index < -0.39 is 0 Å². The molecule has 0 atom stereocenters. The summed E-state index contributed by atoms with van der Waals surface area (Å²) in [5, 5.41) is 13.4. The summed E-state index contributed by atoms with van der Waals surface area (Å²) >= 11 is 0. The highest BCUT2D eigenvalue weighted by Crippen LogP contribution is 2.17. The van der Waals surface area contributed by atoms with Crippen molar-refractivity contribution in [2.45, 2.75) is 44.7 Å². The van der Waals surface area contributed by atoms with Crippen molar-refractivity contribution in [3.05, 3.63) is 12.4 Å². The van der Waals surface area contributed by atoms with Crippen molar-refractivity contribution < 1.29 is 4.79 Å². The van der Waals surface area contributed by atoms with E-state index in [2.05, 4.69) is 20.9 Å². The molecule has 1 aromatic rings. The number of aryl methyl sites for hydroxylation is 1. The molecule has 0 aromatic carbocycles. The monoisotopic (exact) mass is 237 g/mol. The summed E-state index contributed by atoms with van der Waals surface area (Å²) in [5.74, 6) is 0. The second-order valence-corrected chi connectivity index (χ2v) is 4.40. The van der Waals surface area contributed by atoms with Gasteiger partial charge in [-0.1, -0.05) is 18.1 Å². The van der Waals surface area contributed by atoms with Gasteiger partial charge in [0.25, 0.3) is 0 Å². The molecule has 0 radical (unpaired) electrons. The van der Waals surface area contributed by atoms with Gasteiger partial charge in [-0.05, 0) is 19.3 Å². The Morgan fingerprint density at radius 2 is 2.24 bits per heavy atom. The molecule has 2 N–H and O–H groups in total. The maximum Gasteiger partial charge on any atom is 0.315 e. The average Bonchev–Trinajstić information content (AvgIpc) is 2.96. The topological polar surface area (TPSA) is 71.8 Å². The van der Waals surface area contributed by atoms with Gasteiger partial charge >= 0.3 is 6.03 Å². The van der Waals surface area contributed by atoms with Crippen LogP contribution >= 0.6 is 0 Å². The van der Waals surface area contributed by atoms with Gasteiger partial charge in [0.2, 0.25) is 0 Å². The zero-order valence-corrected chi connectivity index (χ0v) is 9.93. The van der Waals surface area contributed by atoms with Gasteiger partial charge in [0.15, 0.2) is 0 Å². The molecule has 2 rings (SSSR count). The smallest absolute Gasteiger partial charge is 0.315 e. The number of carbonyl (C=O) groups excluding carboxylic acids is 1. The minimum atomic E-state index is -0.0458. The summed E-state index contributed by atoms with van der Waals surface area (Å²) in [5.41, 5.74) is 0. The second kappa shape index (κ2) is 6.22. The van der Waals surface area contributed by atoms with Crippen LogP contribution < -0.4 is 10.6 Å². The van der Waals surface area contributed by atoms with Crippen LogP contribution in [0.3, 0.4) is 0 Å². The Morgan fingerprint density at radius 3 is 2.94 bits per heavy atom. The lowest BCUT2D eigenvalue weighted by Crippen LogP contribution is -2.41. The Hall–Kier alpha value is -1.59. The van der Waals surface area contributed by atoms with E-state index in [0.29, 0.717) is 12.6 Å². The van der Waals surface area contributed by atoms with Crippen molar-refractivity contribution in [3.63, 3.8) is 0 Å². The van der Waals surface area contributed by atoms with Gasteiger partial charge in [-0.2, -0.15) is 0 Å². The fourth-order valence-corrected chi connectivity index (χ4v) is 2.10. The molecule has 1 aromatic heterocycles. The molecule has 1 fully saturated rings. The van der Waals surface area contributed by atoms with E-state index in [1.54, 1.807) is 10.9 Å². The van der Waals surface area contributed by atoms with Crippen LogP contribution in [0.25, 0.3) is 0 Å². The third-order valence-electron chi connectivity index (χ3n) is 3.01. The number of nitrogens with zero attached hydrogens (tertiary/aromatic N) is 3. The highest BCUT2D eigenvalue weighted by molar-refractivity contribution is 5.74. The normalized spacial score (nSPS) is 16.0. The van der Waals surface area contributed by atoms with Crippen LogP contribution in [0.15, 0.2) is 12.4 Å². The van der Waals surface area contributed by atoms with Gasteiger partial charge in [0, 0.05) is 25.3 Å². The minimum Gasteiger partial charge on any atom is -0.338 e. The van der Waals surface area contributed by atoms with Crippen LogP contribution in [-0.4, -0.2) is 33.6 Å². The lowest BCUT2D eigenvalue weighted by atomic mass is 10.2. The number of rotatable bonds is 5. The first kappa shape index (κ1) is 11.9. The molecule has 0 spiro atoms. The van der Waals surface area contributed by atoms with Gasteiger partial charge in [0.1, 0.15) is 0 Å². The number of hydrogen-bond acceptors (Lipinski definition) is 3. The molecule has 17 heavy (non-hydrogen) atoms. The molecule has 2 amide bonds. The Morgan fingerprint density at radius 1 is 1.41 bits per heavy atom. The van der Waals surface area contributed by atoms with E-state index >= 15 is 0 Å². The standard InChI is InChI=1S/C11H19N5O/c17-11(14-10-4-1-2-5-10)12-6-3-8-16-9-7-13-15-16/h7,9-10H,1-6,8H2,(H2,12,14,17). The van der Waals surface area contributed by atoms with Gasteiger partial charge < -0.3 is 10.6 Å². The van der Waals surface area contributed by atoms with Gasteiger partial charge in [-0.15, -0.1) is 5.10 Å². The van der Waals surface area contributed by atoms with Crippen molar-refractivity contribution in [3.8, 4) is 0 Å². The van der Waals surface area contributed by atoms with E-state index in [1.807, 2.05) is 6.20 Å². The number of hydrogen-bond donors (Lipinski definition) is 2. The molecule has 6 heteroatoms. The molecule has 0 aliphatic heterocycles. The second-order valence-electron chi connectivity index (χ2n) is 4.40. The molecule has 94 valence electrons. The van der Waals surface area contributed by atoms with Crippen LogP contribution in [0.1, 0.15) is 32.1 Å². The molecule has 0 bridgehead atoms. The zero-order valence-electron chi connectivity index (χ0n) is 9.93. The fourth-order valence-electron chi connectivity index (χ4n) is 2.10. The first-order valence-corrected chi connectivity index (χ1v) is 6.23. The van der Waals surface area contributed by atoms with Crippen molar-refractivity contribution in [1.29, 1.82) is 0 Å². The number of urea groups is 1. The van der Waals surface area contributed by atoms with Crippen LogP contribution in [0.4, 0.5) is 4.79 Å². The maximum absolute atomic E-state index is 11.5. The van der Waals surface area contributed by atoms with Gasteiger partial charge in [-0.25, -0.2) is 4.79 Å². The summed E-state index contributed by atoms with van der Waals surface area (Å²) in [4.78, 5) is 11.5. The van der Waals surface area contributed by atoms with E-state index in [9.17, 15) is 4.79 Å². The number of aromatic nitrogens is 3. The number of amides is 2. The largest absolute Gasteiger partial charge is 0.338 e. The molecular formula is C11H19N5O. The third kappa shape index (κ3) is 4.05. The Labute approximate surface area is 101 Å². The highest BCUT2D eigenvalue weighted by atomic mass is 16.2.